The number of nitrogens with zero attached hydrogens (tertiary/aromatic N) is 1. The first-order valence-electron chi connectivity index (χ1n) is 5.40. The van der Waals surface area contributed by atoms with Crippen LogP contribution in [0.15, 0.2) is 35.2 Å². The van der Waals surface area contributed by atoms with Crippen molar-refractivity contribution >= 4 is 17.9 Å². The zero-order valence-corrected chi connectivity index (χ0v) is 10.7. The van der Waals surface area contributed by atoms with E-state index in [1.807, 2.05) is 30.3 Å². The Morgan fingerprint density at radius 3 is 2.76 bits per heavy atom. The predicted molar refractivity (Wildman–Crippen MR) is 68.2 cm³/mol. The minimum absolute atomic E-state index is 0.0512. The van der Waals surface area contributed by atoms with Crippen molar-refractivity contribution in [3.05, 3.63) is 30.3 Å². The molecule has 4 nitrogen and oxygen atoms in total. The molecule has 0 aromatic heterocycles. The highest BCUT2D eigenvalue weighted by Gasteiger charge is 2.08. The molecule has 0 heterocycles. The van der Waals surface area contributed by atoms with Gasteiger partial charge in [0.1, 0.15) is 6.61 Å². The molecule has 1 amide bonds. The second-order valence-electron chi connectivity index (χ2n) is 3.42. The van der Waals surface area contributed by atoms with Crippen LogP contribution < -0.4 is 0 Å². The Morgan fingerprint density at radius 2 is 2.12 bits per heavy atom. The number of rotatable bonds is 6. The van der Waals surface area contributed by atoms with Gasteiger partial charge in [-0.25, -0.2) is 4.79 Å². The normalized spacial score (nSPS) is 10.0. The number of hydrogen-bond acceptors (Lipinski definition) is 4. The molecule has 5 heteroatoms. The Kier molecular flexibility index (Phi) is 6.50. The molecule has 0 aliphatic heterocycles. The van der Waals surface area contributed by atoms with Gasteiger partial charge in [0.15, 0.2) is 0 Å². The molecular weight excluding hydrogens is 238 g/mol. The molecule has 0 aliphatic rings. The lowest BCUT2D eigenvalue weighted by molar-refractivity contribution is 0.109. The molecular formula is C12H17NO3S. The summed E-state index contributed by atoms with van der Waals surface area (Å²) in [5.41, 5.74) is 0. The molecule has 1 aromatic rings. The van der Waals surface area contributed by atoms with Gasteiger partial charge in [-0.1, -0.05) is 18.2 Å². The molecule has 1 N–H and O–H groups in total. The van der Waals surface area contributed by atoms with Crippen LogP contribution >= 0.6 is 11.8 Å². The average Bonchev–Trinajstić information content (AvgIpc) is 2.36. The number of aliphatic hydroxyl groups is 1. The van der Waals surface area contributed by atoms with Crippen LogP contribution in [-0.4, -0.2) is 48.7 Å². The van der Waals surface area contributed by atoms with Gasteiger partial charge in [0.2, 0.25) is 0 Å². The molecule has 0 aliphatic carbocycles. The molecule has 0 fully saturated rings. The maximum absolute atomic E-state index is 11.3. The van der Waals surface area contributed by atoms with Crippen LogP contribution in [-0.2, 0) is 4.74 Å². The Morgan fingerprint density at radius 1 is 1.41 bits per heavy atom. The number of hydrogen-bond donors (Lipinski definition) is 1. The summed E-state index contributed by atoms with van der Waals surface area (Å²) in [6.07, 6.45) is -0.396. The summed E-state index contributed by atoms with van der Waals surface area (Å²) in [5, 5.41) is 8.65. The van der Waals surface area contributed by atoms with E-state index in [4.69, 9.17) is 9.84 Å². The van der Waals surface area contributed by atoms with Crippen molar-refractivity contribution in [3.63, 3.8) is 0 Å². The topological polar surface area (TPSA) is 49.8 Å². The SMILES string of the molecule is CN(CCO)C(=O)OCCSc1ccccc1. The summed E-state index contributed by atoms with van der Waals surface area (Å²) in [4.78, 5) is 13.8. The number of benzene rings is 1. The molecule has 0 atom stereocenters. The minimum Gasteiger partial charge on any atom is -0.449 e. The van der Waals surface area contributed by atoms with Gasteiger partial charge in [0.25, 0.3) is 0 Å². The van der Waals surface area contributed by atoms with E-state index in [1.54, 1.807) is 18.8 Å². The van der Waals surface area contributed by atoms with E-state index in [1.165, 1.54) is 4.90 Å². The van der Waals surface area contributed by atoms with Gasteiger partial charge in [0, 0.05) is 24.2 Å². The first-order chi connectivity index (χ1) is 8.24. The third kappa shape index (κ3) is 5.60. The van der Waals surface area contributed by atoms with Crippen molar-refractivity contribution in [3.8, 4) is 0 Å². The van der Waals surface area contributed by atoms with Gasteiger partial charge in [-0.2, -0.15) is 0 Å². The van der Waals surface area contributed by atoms with Crippen LogP contribution in [0, 0.1) is 0 Å². The second-order valence-corrected chi connectivity index (χ2v) is 4.59. The van der Waals surface area contributed by atoms with Crippen molar-refractivity contribution in [2.24, 2.45) is 0 Å². The molecule has 0 unspecified atom stereocenters. The summed E-state index contributed by atoms with van der Waals surface area (Å²) in [6.45, 7) is 0.614. The van der Waals surface area contributed by atoms with Crippen molar-refractivity contribution in [2.45, 2.75) is 4.90 Å². The van der Waals surface area contributed by atoms with E-state index in [-0.39, 0.29) is 6.61 Å². The van der Waals surface area contributed by atoms with Gasteiger partial charge < -0.3 is 14.7 Å². The van der Waals surface area contributed by atoms with Gasteiger partial charge in [-0.3, -0.25) is 0 Å². The van der Waals surface area contributed by atoms with E-state index in [0.29, 0.717) is 13.2 Å². The van der Waals surface area contributed by atoms with Crippen molar-refractivity contribution in [2.75, 3.05) is 32.6 Å². The van der Waals surface area contributed by atoms with Crippen molar-refractivity contribution < 1.29 is 14.6 Å². The van der Waals surface area contributed by atoms with Gasteiger partial charge in [-0.15, -0.1) is 11.8 Å². The fourth-order valence-electron chi connectivity index (χ4n) is 1.16. The smallest absolute Gasteiger partial charge is 0.409 e. The first-order valence-corrected chi connectivity index (χ1v) is 6.39. The van der Waals surface area contributed by atoms with E-state index in [2.05, 4.69) is 0 Å². The Balaban J connectivity index is 2.14. The minimum atomic E-state index is -0.396. The lowest BCUT2D eigenvalue weighted by Crippen LogP contribution is -2.30. The number of ether oxygens (including phenoxy) is 1. The number of carbonyl (C=O) groups is 1. The summed E-state index contributed by atoms with van der Waals surface area (Å²) in [7, 11) is 1.60. The molecule has 94 valence electrons. The Labute approximate surface area is 106 Å². The zero-order chi connectivity index (χ0) is 12.5. The first kappa shape index (κ1) is 13.9. The lowest BCUT2D eigenvalue weighted by Gasteiger charge is -2.15. The summed E-state index contributed by atoms with van der Waals surface area (Å²) in [5.74, 6) is 0.725. The fraction of sp³-hybridized carbons (Fsp3) is 0.417. The molecule has 0 saturated carbocycles. The van der Waals surface area contributed by atoms with E-state index < -0.39 is 6.09 Å². The zero-order valence-electron chi connectivity index (χ0n) is 9.83. The quantitative estimate of drug-likeness (QED) is 0.622. The van der Waals surface area contributed by atoms with E-state index in [9.17, 15) is 4.79 Å². The predicted octanol–water partition coefficient (Wildman–Crippen LogP) is 1.84. The fourth-order valence-corrected chi connectivity index (χ4v) is 1.91. The molecule has 0 saturated heterocycles. The summed E-state index contributed by atoms with van der Waals surface area (Å²) < 4.78 is 5.03. The third-order valence-corrected chi connectivity index (χ3v) is 3.04. The maximum Gasteiger partial charge on any atom is 0.409 e. The average molecular weight is 255 g/mol. The largest absolute Gasteiger partial charge is 0.449 e. The van der Waals surface area contributed by atoms with Gasteiger partial charge in [0.05, 0.1) is 6.61 Å². The van der Waals surface area contributed by atoms with Gasteiger partial charge >= 0.3 is 6.09 Å². The highest BCUT2D eigenvalue weighted by Crippen LogP contribution is 2.16. The number of carbonyl (C=O) groups excluding carboxylic acids is 1. The number of thioether (sulfide) groups is 1. The highest BCUT2D eigenvalue weighted by molar-refractivity contribution is 7.99. The van der Waals surface area contributed by atoms with E-state index in [0.717, 1.165) is 10.6 Å². The highest BCUT2D eigenvalue weighted by atomic mass is 32.2. The van der Waals surface area contributed by atoms with Crippen LogP contribution in [0.4, 0.5) is 4.79 Å². The maximum atomic E-state index is 11.3. The second kappa shape index (κ2) is 7.97. The molecule has 0 spiro atoms. The molecule has 0 bridgehead atoms. The summed E-state index contributed by atoms with van der Waals surface area (Å²) >= 11 is 1.64. The molecule has 17 heavy (non-hydrogen) atoms. The van der Waals surface area contributed by atoms with Crippen LogP contribution in [0.1, 0.15) is 0 Å². The molecule has 1 rings (SSSR count). The standard InChI is InChI=1S/C12H17NO3S/c1-13(7-8-14)12(15)16-9-10-17-11-5-3-2-4-6-11/h2-6,14H,7-10H2,1H3. The van der Waals surface area contributed by atoms with Crippen LogP contribution in [0.3, 0.4) is 0 Å². The molecule has 0 radical (unpaired) electrons. The summed E-state index contributed by atoms with van der Waals surface area (Å²) in [6, 6.07) is 9.95. The number of amides is 1. The number of likely N-dealkylation sites (N-methyl/N-ethyl adjacent to an activating group) is 1. The van der Waals surface area contributed by atoms with E-state index >= 15 is 0 Å². The van der Waals surface area contributed by atoms with Crippen LogP contribution in [0.25, 0.3) is 0 Å². The van der Waals surface area contributed by atoms with Crippen LogP contribution in [0.5, 0.6) is 0 Å². The monoisotopic (exact) mass is 255 g/mol. The third-order valence-electron chi connectivity index (χ3n) is 2.07. The number of aliphatic hydroxyl groups excluding tert-OH is 1. The molecule has 1 aromatic carbocycles. The van der Waals surface area contributed by atoms with Crippen molar-refractivity contribution in [1.29, 1.82) is 0 Å². The lowest BCUT2D eigenvalue weighted by atomic mass is 10.4. The van der Waals surface area contributed by atoms with Gasteiger partial charge in [-0.05, 0) is 12.1 Å². The van der Waals surface area contributed by atoms with Crippen molar-refractivity contribution in [1.82, 2.24) is 4.90 Å². The van der Waals surface area contributed by atoms with Crippen LogP contribution in [0.2, 0.25) is 0 Å². The Bertz CT molecular complexity index is 332. The Hall–Kier alpha value is -1.20.